The van der Waals surface area contributed by atoms with Gasteiger partial charge in [0.15, 0.2) is 0 Å². The van der Waals surface area contributed by atoms with Crippen molar-refractivity contribution in [2.45, 2.75) is 90.1 Å². The zero-order valence-electron chi connectivity index (χ0n) is 14.1. The summed E-state index contributed by atoms with van der Waals surface area (Å²) in [5, 5.41) is 3.99. The van der Waals surface area contributed by atoms with Gasteiger partial charge in [0.05, 0.1) is 0 Å². The van der Waals surface area contributed by atoms with Crippen LogP contribution in [0, 0.1) is 5.92 Å². The van der Waals surface area contributed by atoms with Gasteiger partial charge in [-0.05, 0) is 70.5 Å². The van der Waals surface area contributed by atoms with Crippen LogP contribution in [0.15, 0.2) is 0 Å². The molecular formula is C18H36N2. The highest BCUT2D eigenvalue weighted by Gasteiger charge is 2.45. The van der Waals surface area contributed by atoms with Gasteiger partial charge in [-0.1, -0.05) is 33.6 Å². The minimum Gasteiger partial charge on any atom is -0.312 e. The Morgan fingerprint density at radius 3 is 2.10 bits per heavy atom. The van der Waals surface area contributed by atoms with Crippen LogP contribution in [0.3, 0.4) is 0 Å². The molecule has 0 radical (unpaired) electrons. The molecular weight excluding hydrogens is 244 g/mol. The summed E-state index contributed by atoms with van der Waals surface area (Å²) in [7, 11) is 0. The second-order valence-electron chi connectivity index (χ2n) is 6.98. The quantitative estimate of drug-likeness (QED) is 0.717. The Bertz CT molecular complexity index is 261. The third-order valence-electron chi connectivity index (χ3n) is 6.02. The van der Waals surface area contributed by atoms with Gasteiger partial charge in [0.25, 0.3) is 0 Å². The monoisotopic (exact) mass is 280 g/mol. The van der Waals surface area contributed by atoms with Gasteiger partial charge in [0.2, 0.25) is 0 Å². The molecule has 1 heterocycles. The Labute approximate surface area is 126 Å². The SMILES string of the molecule is CCCNC(C1CCCC1)C(CC)(CC)N1CCCC1. The molecule has 2 aliphatic rings. The number of hydrogen-bond donors (Lipinski definition) is 1. The molecule has 2 nitrogen and oxygen atoms in total. The van der Waals surface area contributed by atoms with Gasteiger partial charge in [0, 0.05) is 11.6 Å². The van der Waals surface area contributed by atoms with Crippen molar-refractivity contribution in [1.82, 2.24) is 10.2 Å². The maximum absolute atomic E-state index is 3.99. The van der Waals surface area contributed by atoms with Crippen molar-refractivity contribution >= 4 is 0 Å². The van der Waals surface area contributed by atoms with E-state index in [-0.39, 0.29) is 0 Å². The molecule has 0 bridgehead atoms. The van der Waals surface area contributed by atoms with Crippen molar-refractivity contribution in [3.8, 4) is 0 Å². The molecule has 0 aromatic carbocycles. The third-order valence-corrected chi connectivity index (χ3v) is 6.02. The minimum atomic E-state index is 0.417. The summed E-state index contributed by atoms with van der Waals surface area (Å²) in [6.45, 7) is 11.0. The van der Waals surface area contributed by atoms with Crippen molar-refractivity contribution < 1.29 is 0 Å². The normalized spacial score (nSPS) is 23.6. The van der Waals surface area contributed by atoms with Crippen molar-refractivity contribution in [2.75, 3.05) is 19.6 Å². The van der Waals surface area contributed by atoms with Crippen LogP contribution < -0.4 is 5.32 Å². The number of rotatable bonds is 8. The van der Waals surface area contributed by atoms with E-state index in [4.69, 9.17) is 0 Å². The van der Waals surface area contributed by atoms with Crippen LogP contribution in [-0.4, -0.2) is 36.1 Å². The summed E-state index contributed by atoms with van der Waals surface area (Å²) in [6, 6.07) is 0.720. The molecule has 2 rings (SSSR count). The summed E-state index contributed by atoms with van der Waals surface area (Å²) >= 11 is 0. The first-order valence-corrected chi connectivity index (χ1v) is 9.27. The van der Waals surface area contributed by atoms with Gasteiger partial charge in [0.1, 0.15) is 0 Å². The topological polar surface area (TPSA) is 15.3 Å². The number of likely N-dealkylation sites (tertiary alicyclic amines) is 1. The molecule has 0 aromatic heterocycles. The van der Waals surface area contributed by atoms with Crippen LogP contribution in [0.5, 0.6) is 0 Å². The zero-order chi connectivity index (χ0) is 14.4. The molecule has 1 aliphatic heterocycles. The van der Waals surface area contributed by atoms with Crippen LogP contribution in [0.2, 0.25) is 0 Å². The first-order valence-electron chi connectivity index (χ1n) is 9.27. The summed E-state index contributed by atoms with van der Waals surface area (Å²) in [5.41, 5.74) is 0.417. The Morgan fingerprint density at radius 2 is 1.60 bits per heavy atom. The van der Waals surface area contributed by atoms with E-state index in [1.165, 1.54) is 77.4 Å². The van der Waals surface area contributed by atoms with E-state index in [0.717, 1.165) is 12.0 Å². The molecule has 1 atom stereocenters. The predicted molar refractivity (Wildman–Crippen MR) is 88.2 cm³/mol. The molecule has 1 saturated carbocycles. The zero-order valence-corrected chi connectivity index (χ0v) is 14.1. The van der Waals surface area contributed by atoms with Gasteiger partial charge in [-0.25, -0.2) is 0 Å². The predicted octanol–water partition coefficient (Wildman–Crippen LogP) is 4.20. The summed E-state index contributed by atoms with van der Waals surface area (Å²) in [4.78, 5) is 2.85. The third kappa shape index (κ3) is 3.22. The van der Waals surface area contributed by atoms with Gasteiger partial charge < -0.3 is 5.32 Å². The van der Waals surface area contributed by atoms with E-state index < -0.39 is 0 Å². The van der Waals surface area contributed by atoms with Crippen molar-refractivity contribution in [3.05, 3.63) is 0 Å². The van der Waals surface area contributed by atoms with E-state index in [1.54, 1.807) is 0 Å². The van der Waals surface area contributed by atoms with Crippen molar-refractivity contribution in [1.29, 1.82) is 0 Å². The minimum absolute atomic E-state index is 0.417. The number of nitrogens with one attached hydrogen (secondary N) is 1. The van der Waals surface area contributed by atoms with Gasteiger partial charge in [-0.3, -0.25) is 4.90 Å². The Hall–Kier alpha value is -0.0800. The van der Waals surface area contributed by atoms with Gasteiger partial charge >= 0.3 is 0 Å². The summed E-state index contributed by atoms with van der Waals surface area (Å²) < 4.78 is 0. The maximum Gasteiger partial charge on any atom is 0.0359 e. The van der Waals surface area contributed by atoms with E-state index in [0.29, 0.717) is 5.54 Å². The van der Waals surface area contributed by atoms with Crippen LogP contribution >= 0.6 is 0 Å². The second-order valence-corrected chi connectivity index (χ2v) is 6.98. The fourth-order valence-corrected chi connectivity index (χ4v) is 4.88. The lowest BCUT2D eigenvalue weighted by atomic mass is 9.75. The maximum atomic E-state index is 3.99. The van der Waals surface area contributed by atoms with E-state index >= 15 is 0 Å². The number of nitrogens with zero attached hydrogens (tertiary/aromatic N) is 1. The lowest BCUT2D eigenvalue weighted by Gasteiger charge is -2.49. The molecule has 1 unspecified atom stereocenters. The van der Waals surface area contributed by atoms with Gasteiger partial charge in [-0.15, -0.1) is 0 Å². The molecule has 2 fully saturated rings. The molecule has 0 spiro atoms. The smallest absolute Gasteiger partial charge is 0.0359 e. The van der Waals surface area contributed by atoms with E-state index in [2.05, 4.69) is 31.0 Å². The Morgan fingerprint density at radius 1 is 1.00 bits per heavy atom. The fraction of sp³-hybridized carbons (Fsp3) is 1.00. The fourth-order valence-electron chi connectivity index (χ4n) is 4.88. The lowest BCUT2D eigenvalue weighted by molar-refractivity contribution is 0.0382. The van der Waals surface area contributed by atoms with Gasteiger partial charge in [-0.2, -0.15) is 0 Å². The Kier molecular flexibility index (Phi) is 6.35. The molecule has 0 amide bonds. The molecule has 2 heteroatoms. The lowest BCUT2D eigenvalue weighted by Crippen LogP contribution is -2.62. The van der Waals surface area contributed by atoms with Crippen molar-refractivity contribution in [3.63, 3.8) is 0 Å². The van der Waals surface area contributed by atoms with E-state index in [9.17, 15) is 0 Å². The first kappa shape index (κ1) is 16.3. The Balaban J connectivity index is 2.19. The molecule has 20 heavy (non-hydrogen) atoms. The highest BCUT2D eigenvalue weighted by Crippen LogP contribution is 2.40. The highest BCUT2D eigenvalue weighted by molar-refractivity contribution is 5.03. The molecule has 1 aliphatic carbocycles. The second kappa shape index (κ2) is 7.79. The highest BCUT2D eigenvalue weighted by atomic mass is 15.2. The summed E-state index contributed by atoms with van der Waals surface area (Å²) in [5.74, 6) is 0.919. The van der Waals surface area contributed by atoms with Crippen LogP contribution in [-0.2, 0) is 0 Å². The molecule has 118 valence electrons. The number of hydrogen-bond acceptors (Lipinski definition) is 2. The van der Waals surface area contributed by atoms with E-state index in [1.807, 2.05) is 0 Å². The van der Waals surface area contributed by atoms with Crippen LogP contribution in [0.1, 0.15) is 78.6 Å². The van der Waals surface area contributed by atoms with Crippen molar-refractivity contribution in [2.24, 2.45) is 5.92 Å². The largest absolute Gasteiger partial charge is 0.312 e. The summed E-state index contributed by atoms with van der Waals surface area (Å²) in [6.07, 6.45) is 12.5. The van der Waals surface area contributed by atoms with Crippen LogP contribution in [0.4, 0.5) is 0 Å². The average molecular weight is 280 g/mol. The molecule has 1 N–H and O–H groups in total. The standard InChI is InChI=1S/C18H36N2/c1-4-13-19-17(16-11-7-8-12-16)18(5-2,6-3)20-14-9-10-15-20/h16-17,19H,4-15H2,1-3H3. The molecule has 1 saturated heterocycles. The first-order chi connectivity index (χ1) is 9.78. The van der Waals surface area contributed by atoms with Crippen LogP contribution in [0.25, 0.3) is 0 Å². The molecule has 0 aromatic rings. The average Bonchev–Trinajstić information content (AvgIpc) is 3.16.